The summed E-state index contributed by atoms with van der Waals surface area (Å²) in [6.07, 6.45) is -1.68. The van der Waals surface area contributed by atoms with E-state index in [0.717, 1.165) is 27.2 Å². The molecule has 0 aromatic heterocycles. The number of rotatable bonds is 8. The molecule has 9 nitrogen and oxygen atoms in total. The lowest BCUT2D eigenvalue weighted by atomic mass is 9.94. The smallest absolute Gasteiger partial charge is 0.408 e. The fraction of sp³-hybridized carbons (Fsp3) is 0.423. The molecule has 1 fully saturated rings. The van der Waals surface area contributed by atoms with E-state index in [2.05, 4.69) is 5.32 Å². The van der Waals surface area contributed by atoms with E-state index < -0.39 is 35.7 Å². The van der Waals surface area contributed by atoms with Gasteiger partial charge in [0.25, 0.3) is 5.91 Å². The summed E-state index contributed by atoms with van der Waals surface area (Å²) in [6.45, 7) is 1.46. The van der Waals surface area contributed by atoms with Gasteiger partial charge >= 0.3 is 12.1 Å². The highest BCUT2D eigenvalue weighted by Crippen LogP contribution is 2.44. The van der Waals surface area contributed by atoms with E-state index in [1.165, 1.54) is 7.11 Å². The standard InChI is InChI=1S/C26H30N2O7/c1-3-26(15-34-2,24(32)28-13-16(29)12-22(28)23(30)31)27-25(33)35-14-21-19-10-6-4-8-17(19)18-9-5-7-11-20(18)21/h4-11,16,21-22,29H,3,12-15H2,1-2H3,(H,27,33)(H,30,31). The van der Waals surface area contributed by atoms with Crippen molar-refractivity contribution in [1.82, 2.24) is 10.2 Å². The minimum Gasteiger partial charge on any atom is -0.480 e. The lowest BCUT2D eigenvalue weighted by Gasteiger charge is -2.36. The van der Waals surface area contributed by atoms with Gasteiger partial charge < -0.3 is 29.9 Å². The zero-order chi connectivity index (χ0) is 25.2. The van der Waals surface area contributed by atoms with Gasteiger partial charge in [0.05, 0.1) is 12.7 Å². The van der Waals surface area contributed by atoms with Crippen LogP contribution in [0.5, 0.6) is 0 Å². The predicted octanol–water partition coefficient (Wildman–Crippen LogP) is 2.37. The number of fused-ring (bicyclic) bond motifs is 3. The number of ether oxygens (including phenoxy) is 2. The number of β-amino-alcohol motifs (C(OH)–C–C–N with tert-alkyl or cyclic N) is 1. The van der Waals surface area contributed by atoms with Crippen molar-refractivity contribution in [3.05, 3.63) is 59.7 Å². The van der Waals surface area contributed by atoms with Crippen LogP contribution in [0.1, 0.15) is 36.8 Å². The number of benzene rings is 2. The van der Waals surface area contributed by atoms with E-state index in [9.17, 15) is 24.6 Å². The second kappa shape index (κ2) is 10.1. The summed E-state index contributed by atoms with van der Waals surface area (Å²) < 4.78 is 10.9. The summed E-state index contributed by atoms with van der Waals surface area (Å²) >= 11 is 0. The fourth-order valence-corrected chi connectivity index (χ4v) is 5.12. The van der Waals surface area contributed by atoms with Gasteiger partial charge in [0.15, 0.2) is 0 Å². The zero-order valence-electron chi connectivity index (χ0n) is 19.8. The van der Waals surface area contributed by atoms with Gasteiger partial charge in [-0.3, -0.25) is 4.79 Å². The second-order valence-corrected chi connectivity index (χ2v) is 9.02. The topological polar surface area (TPSA) is 125 Å². The van der Waals surface area contributed by atoms with Crippen LogP contribution in [0.3, 0.4) is 0 Å². The summed E-state index contributed by atoms with van der Waals surface area (Å²) in [5.41, 5.74) is 2.79. The number of aliphatic carboxylic acids is 1. The lowest BCUT2D eigenvalue weighted by molar-refractivity contribution is -0.152. The number of carboxylic acids is 1. The highest BCUT2D eigenvalue weighted by Gasteiger charge is 2.48. The molecule has 1 aliphatic heterocycles. The molecule has 2 amide bonds. The lowest BCUT2D eigenvalue weighted by Crippen LogP contribution is -2.63. The number of carboxylic acid groups (broad SMARTS) is 1. The first-order chi connectivity index (χ1) is 16.8. The molecule has 35 heavy (non-hydrogen) atoms. The first kappa shape index (κ1) is 24.7. The van der Waals surface area contributed by atoms with Crippen LogP contribution >= 0.6 is 0 Å². The first-order valence-electron chi connectivity index (χ1n) is 11.6. The van der Waals surface area contributed by atoms with E-state index in [0.29, 0.717) is 0 Å². The summed E-state index contributed by atoms with van der Waals surface area (Å²) in [7, 11) is 1.39. The summed E-state index contributed by atoms with van der Waals surface area (Å²) in [5, 5.41) is 22.2. The molecule has 0 radical (unpaired) electrons. The van der Waals surface area contributed by atoms with Crippen LogP contribution in [0.25, 0.3) is 11.1 Å². The SMILES string of the molecule is CCC(COC)(NC(=O)OCC1c2ccccc2-c2ccccc21)C(=O)N1CC(O)CC1C(=O)O. The second-order valence-electron chi connectivity index (χ2n) is 9.02. The maximum absolute atomic E-state index is 13.5. The molecule has 186 valence electrons. The van der Waals surface area contributed by atoms with Crippen molar-refractivity contribution in [3.63, 3.8) is 0 Å². The number of alkyl carbamates (subject to hydrolysis) is 1. The number of aliphatic hydroxyl groups excluding tert-OH is 1. The quantitative estimate of drug-likeness (QED) is 0.527. The van der Waals surface area contributed by atoms with Gasteiger partial charge in [0.1, 0.15) is 18.2 Å². The van der Waals surface area contributed by atoms with Gasteiger partial charge in [-0.15, -0.1) is 0 Å². The molecule has 9 heteroatoms. The van der Waals surface area contributed by atoms with Gasteiger partial charge in [0, 0.05) is 26.0 Å². The van der Waals surface area contributed by atoms with Crippen LogP contribution in [0, 0.1) is 0 Å². The molecule has 3 N–H and O–H groups in total. The average molecular weight is 483 g/mol. The van der Waals surface area contributed by atoms with Crippen molar-refractivity contribution in [2.24, 2.45) is 0 Å². The molecule has 1 aliphatic carbocycles. The zero-order valence-corrected chi connectivity index (χ0v) is 19.8. The monoisotopic (exact) mass is 482 g/mol. The molecule has 0 bridgehead atoms. The minimum atomic E-state index is -1.53. The Balaban J connectivity index is 1.51. The number of carbonyl (C=O) groups excluding carboxylic acids is 2. The molecule has 0 saturated carbocycles. The van der Waals surface area contributed by atoms with Crippen LogP contribution in [0.4, 0.5) is 4.79 Å². The van der Waals surface area contributed by atoms with Crippen molar-refractivity contribution in [1.29, 1.82) is 0 Å². The highest BCUT2D eigenvalue weighted by molar-refractivity contribution is 5.93. The highest BCUT2D eigenvalue weighted by atomic mass is 16.5. The van der Waals surface area contributed by atoms with E-state index >= 15 is 0 Å². The molecular weight excluding hydrogens is 452 g/mol. The Morgan fingerprint density at radius 1 is 1.09 bits per heavy atom. The first-order valence-corrected chi connectivity index (χ1v) is 11.6. The number of amides is 2. The van der Waals surface area contributed by atoms with E-state index in [1.807, 2.05) is 48.5 Å². The molecule has 4 rings (SSSR count). The Hall–Kier alpha value is -3.43. The molecule has 1 saturated heterocycles. The largest absolute Gasteiger partial charge is 0.480 e. The summed E-state index contributed by atoms with van der Waals surface area (Å²) in [6, 6.07) is 14.8. The number of nitrogens with one attached hydrogen (secondary N) is 1. The molecule has 3 atom stereocenters. The minimum absolute atomic E-state index is 0.0704. The van der Waals surface area contributed by atoms with E-state index in [4.69, 9.17) is 9.47 Å². The molecule has 0 spiro atoms. The number of aliphatic hydroxyl groups is 1. The Morgan fingerprint density at radius 3 is 2.23 bits per heavy atom. The van der Waals surface area contributed by atoms with Crippen LogP contribution in [0.15, 0.2) is 48.5 Å². The third-order valence-electron chi connectivity index (χ3n) is 6.91. The number of nitrogens with zero attached hydrogens (tertiary/aromatic N) is 1. The Morgan fingerprint density at radius 2 is 1.69 bits per heavy atom. The normalized spacial score (nSPS) is 20.6. The summed E-state index contributed by atoms with van der Waals surface area (Å²) in [5.74, 6) is -1.98. The Kier molecular flexibility index (Phi) is 7.09. The maximum Gasteiger partial charge on any atom is 0.408 e. The number of carbonyl (C=O) groups is 3. The predicted molar refractivity (Wildman–Crippen MR) is 127 cm³/mol. The number of methoxy groups -OCH3 is 1. The average Bonchev–Trinajstić information content (AvgIpc) is 3.40. The van der Waals surface area contributed by atoms with Gasteiger partial charge in [-0.1, -0.05) is 55.5 Å². The Labute approximate surface area is 203 Å². The van der Waals surface area contributed by atoms with Crippen LogP contribution < -0.4 is 5.32 Å². The van der Waals surface area contributed by atoms with Gasteiger partial charge in [-0.2, -0.15) is 0 Å². The third-order valence-corrected chi connectivity index (χ3v) is 6.91. The molecule has 1 heterocycles. The molecular formula is C26H30N2O7. The molecule has 3 unspecified atom stereocenters. The van der Waals surface area contributed by atoms with Gasteiger partial charge in [0.2, 0.25) is 0 Å². The van der Waals surface area contributed by atoms with Crippen LogP contribution in [0.2, 0.25) is 0 Å². The van der Waals surface area contributed by atoms with Crippen molar-refractivity contribution in [2.45, 2.75) is 43.4 Å². The fourth-order valence-electron chi connectivity index (χ4n) is 5.12. The van der Waals surface area contributed by atoms with Crippen LogP contribution in [-0.4, -0.2) is 77.6 Å². The number of likely N-dealkylation sites (tertiary alicyclic amines) is 1. The van der Waals surface area contributed by atoms with Crippen LogP contribution in [-0.2, 0) is 19.1 Å². The van der Waals surface area contributed by atoms with Crippen molar-refractivity contribution >= 4 is 18.0 Å². The van der Waals surface area contributed by atoms with Crippen molar-refractivity contribution in [2.75, 3.05) is 26.9 Å². The van der Waals surface area contributed by atoms with E-state index in [-0.39, 0.29) is 38.5 Å². The van der Waals surface area contributed by atoms with Crippen molar-refractivity contribution in [3.8, 4) is 11.1 Å². The number of hydrogen-bond donors (Lipinski definition) is 3. The van der Waals surface area contributed by atoms with Gasteiger partial charge in [-0.05, 0) is 28.7 Å². The van der Waals surface area contributed by atoms with Gasteiger partial charge in [-0.25, -0.2) is 9.59 Å². The maximum atomic E-state index is 13.5. The molecule has 2 aromatic carbocycles. The molecule has 2 aromatic rings. The number of hydrogen-bond acceptors (Lipinski definition) is 6. The Bertz CT molecular complexity index is 1070. The van der Waals surface area contributed by atoms with E-state index in [1.54, 1.807) is 6.92 Å². The molecule has 2 aliphatic rings. The van der Waals surface area contributed by atoms with Crippen molar-refractivity contribution < 1.29 is 34.1 Å². The third kappa shape index (κ3) is 4.61. The summed E-state index contributed by atoms with van der Waals surface area (Å²) in [4.78, 5) is 39.2.